The maximum atomic E-state index is 5.42. The van der Waals surface area contributed by atoms with Crippen LogP contribution < -0.4 is 0 Å². The highest BCUT2D eigenvalue weighted by atomic mass is 15.1. The summed E-state index contributed by atoms with van der Waals surface area (Å²) in [7, 11) is 0. The molecule has 0 amide bonds. The van der Waals surface area contributed by atoms with E-state index in [1.165, 1.54) is 60.3 Å². The highest BCUT2D eigenvalue weighted by Gasteiger charge is 2.25. The lowest BCUT2D eigenvalue weighted by Gasteiger charge is -2.23. The lowest BCUT2D eigenvalue weighted by atomic mass is 9.83. The fourth-order valence-corrected chi connectivity index (χ4v) is 8.29. The van der Waals surface area contributed by atoms with E-state index in [1.54, 1.807) is 0 Å². The SMILES string of the molecule is C1=C(c2c3ccccc3c(-c3ccc4ccccc4c3)c3ccccc23)CCC(n2c(-c3ccccc3)nc(-c3ccccc3)c2-c2ccccc2)=C1. The highest BCUT2D eigenvalue weighted by Crippen LogP contribution is 2.46. The van der Waals surface area contributed by atoms with E-state index in [0.717, 1.165) is 46.7 Å². The second-order valence-electron chi connectivity index (χ2n) is 13.8. The minimum absolute atomic E-state index is 0.880. The number of aromatic nitrogens is 2. The molecule has 1 aromatic heterocycles. The minimum atomic E-state index is 0.880. The fourth-order valence-electron chi connectivity index (χ4n) is 8.29. The summed E-state index contributed by atoms with van der Waals surface area (Å²) in [5.74, 6) is 0.960. The van der Waals surface area contributed by atoms with E-state index in [2.05, 4.69) is 199 Å². The van der Waals surface area contributed by atoms with Crippen LogP contribution in [0, 0.1) is 0 Å². The maximum Gasteiger partial charge on any atom is 0.145 e. The van der Waals surface area contributed by atoms with Crippen molar-refractivity contribution in [2.45, 2.75) is 12.8 Å². The molecule has 10 rings (SSSR count). The summed E-state index contributed by atoms with van der Waals surface area (Å²) in [6.45, 7) is 0. The van der Waals surface area contributed by atoms with Crippen LogP contribution in [0.2, 0.25) is 0 Å². The van der Waals surface area contributed by atoms with Crippen LogP contribution in [0.15, 0.2) is 194 Å². The third kappa shape index (κ3) is 5.39. The van der Waals surface area contributed by atoms with Crippen molar-refractivity contribution in [2.24, 2.45) is 0 Å². The van der Waals surface area contributed by atoms with Gasteiger partial charge < -0.3 is 0 Å². The summed E-state index contributed by atoms with van der Waals surface area (Å²) in [6.07, 6.45) is 6.51. The smallest absolute Gasteiger partial charge is 0.145 e. The molecule has 0 fully saturated rings. The van der Waals surface area contributed by atoms with Gasteiger partial charge in [0.05, 0.1) is 11.4 Å². The Hall–Kier alpha value is -6.77. The molecular weight excluding hydrogens is 641 g/mol. The van der Waals surface area contributed by atoms with E-state index in [9.17, 15) is 0 Å². The first-order valence-corrected chi connectivity index (χ1v) is 18.4. The summed E-state index contributed by atoms with van der Waals surface area (Å²) < 4.78 is 2.42. The van der Waals surface area contributed by atoms with E-state index in [0.29, 0.717) is 0 Å². The molecule has 0 atom stereocenters. The van der Waals surface area contributed by atoms with Gasteiger partial charge in [-0.2, -0.15) is 0 Å². The van der Waals surface area contributed by atoms with Crippen molar-refractivity contribution in [1.29, 1.82) is 0 Å². The molecule has 1 aliphatic carbocycles. The molecule has 9 aromatic rings. The molecule has 53 heavy (non-hydrogen) atoms. The monoisotopic (exact) mass is 676 g/mol. The zero-order chi connectivity index (χ0) is 35.1. The minimum Gasteiger partial charge on any atom is -0.295 e. The Morgan fingerprint density at radius 1 is 0.396 bits per heavy atom. The predicted molar refractivity (Wildman–Crippen MR) is 224 cm³/mol. The Balaban J connectivity index is 1.19. The summed E-state index contributed by atoms with van der Waals surface area (Å²) >= 11 is 0. The standard InChI is InChI=1S/C51H36N2/c1-4-17-37(18-5-1)49-50(38-19-6-2-7-20-38)53(51(52-49)39-21-8-3-9-22-39)42-32-30-36(31-33-42)47-43-24-12-14-26-45(43)48(46-27-15-13-25-44(46)47)41-29-28-35-16-10-11-23-40(35)34-41/h1-30,32,34H,31,33H2. The number of imidazole rings is 1. The number of benzene rings is 8. The number of fused-ring (bicyclic) bond motifs is 3. The van der Waals surface area contributed by atoms with E-state index < -0.39 is 0 Å². The Bertz CT molecular complexity index is 2800. The van der Waals surface area contributed by atoms with Crippen LogP contribution in [0.5, 0.6) is 0 Å². The van der Waals surface area contributed by atoms with Gasteiger partial charge in [0.25, 0.3) is 0 Å². The van der Waals surface area contributed by atoms with Crippen LogP contribution in [0.4, 0.5) is 0 Å². The molecule has 8 aromatic carbocycles. The molecule has 0 saturated heterocycles. The first kappa shape index (κ1) is 31.0. The Kier molecular flexibility index (Phi) is 7.66. The average Bonchev–Trinajstić information content (AvgIpc) is 3.64. The predicted octanol–water partition coefficient (Wildman–Crippen LogP) is 13.7. The van der Waals surface area contributed by atoms with E-state index in [1.807, 2.05) is 0 Å². The average molecular weight is 677 g/mol. The molecule has 2 nitrogen and oxygen atoms in total. The van der Waals surface area contributed by atoms with Crippen molar-refractivity contribution in [1.82, 2.24) is 9.55 Å². The van der Waals surface area contributed by atoms with Crippen LogP contribution in [0.1, 0.15) is 18.4 Å². The summed E-state index contributed by atoms with van der Waals surface area (Å²) in [6, 6.07) is 65.4. The fraction of sp³-hybridized carbons (Fsp3) is 0.0392. The molecule has 0 bridgehead atoms. The first-order chi connectivity index (χ1) is 26.3. The lowest BCUT2D eigenvalue weighted by Crippen LogP contribution is -2.06. The van der Waals surface area contributed by atoms with Gasteiger partial charge in [0.15, 0.2) is 0 Å². The molecule has 0 aliphatic heterocycles. The van der Waals surface area contributed by atoms with Crippen molar-refractivity contribution < 1.29 is 0 Å². The maximum absolute atomic E-state index is 5.42. The van der Waals surface area contributed by atoms with Gasteiger partial charge in [-0.05, 0) is 79.6 Å². The van der Waals surface area contributed by atoms with Gasteiger partial charge in [0.2, 0.25) is 0 Å². The van der Waals surface area contributed by atoms with Crippen LogP contribution in [0.3, 0.4) is 0 Å². The third-order valence-corrected chi connectivity index (χ3v) is 10.7. The summed E-state index contributed by atoms with van der Waals surface area (Å²) in [5, 5.41) is 7.67. The molecule has 0 unspecified atom stereocenters. The van der Waals surface area contributed by atoms with E-state index >= 15 is 0 Å². The second-order valence-corrected chi connectivity index (χ2v) is 13.8. The van der Waals surface area contributed by atoms with Gasteiger partial charge in [0, 0.05) is 22.4 Å². The van der Waals surface area contributed by atoms with Crippen LogP contribution >= 0.6 is 0 Å². The summed E-state index contributed by atoms with van der Waals surface area (Å²) in [5.41, 5.74) is 11.9. The van der Waals surface area contributed by atoms with Crippen LogP contribution in [0.25, 0.3) is 88.6 Å². The number of hydrogen-bond donors (Lipinski definition) is 0. The number of allylic oxidation sites excluding steroid dienone is 4. The van der Waals surface area contributed by atoms with Crippen molar-refractivity contribution in [3.63, 3.8) is 0 Å². The molecule has 1 heterocycles. The Morgan fingerprint density at radius 3 is 1.53 bits per heavy atom. The zero-order valence-electron chi connectivity index (χ0n) is 29.3. The lowest BCUT2D eigenvalue weighted by molar-refractivity contribution is 0.960. The van der Waals surface area contributed by atoms with E-state index in [4.69, 9.17) is 4.98 Å². The van der Waals surface area contributed by atoms with Crippen molar-refractivity contribution >= 4 is 43.6 Å². The van der Waals surface area contributed by atoms with Gasteiger partial charge >= 0.3 is 0 Å². The second kappa shape index (κ2) is 13.1. The first-order valence-electron chi connectivity index (χ1n) is 18.4. The van der Waals surface area contributed by atoms with Crippen LogP contribution in [-0.2, 0) is 0 Å². The molecule has 0 saturated carbocycles. The normalized spacial score (nSPS) is 13.0. The largest absolute Gasteiger partial charge is 0.295 e. The van der Waals surface area contributed by atoms with Gasteiger partial charge in [-0.3, -0.25) is 4.57 Å². The molecule has 0 radical (unpaired) electrons. The molecule has 2 heteroatoms. The zero-order valence-corrected chi connectivity index (χ0v) is 29.3. The number of rotatable bonds is 6. The molecule has 1 aliphatic rings. The number of nitrogens with zero attached hydrogens (tertiary/aromatic N) is 2. The quantitative estimate of drug-likeness (QED) is 0.160. The van der Waals surface area contributed by atoms with Gasteiger partial charge in [-0.25, -0.2) is 4.98 Å². The van der Waals surface area contributed by atoms with E-state index in [-0.39, 0.29) is 0 Å². The van der Waals surface area contributed by atoms with Crippen molar-refractivity contribution in [3.05, 3.63) is 200 Å². The topological polar surface area (TPSA) is 17.8 Å². The summed E-state index contributed by atoms with van der Waals surface area (Å²) in [4.78, 5) is 5.42. The van der Waals surface area contributed by atoms with Gasteiger partial charge in [0.1, 0.15) is 5.82 Å². The third-order valence-electron chi connectivity index (χ3n) is 10.7. The Labute approximate surface area is 309 Å². The van der Waals surface area contributed by atoms with Crippen LogP contribution in [-0.4, -0.2) is 9.55 Å². The molecular formula is C51H36N2. The van der Waals surface area contributed by atoms with Crippen molar-refractivity contribution in [2.75, 3.05) is 0 Å². The Morgan fingerprint density at radius 2 is 0.925 bits per heavy atom. The molecule has 250 valence electrons. The van der Waals surface area contributed by atoms with Gasteiger partial charge in [-0.15, -0.1) is 0 Å². The highest BCUT2D eigenvalue weighted by molar-refractivity contribution is 6.19. The molecule has 0 spiro atoms. The van der Waals surface area contributed by atoms with Crippen molar-refractivity contribution in [3.8, 4) is 45.0 Å². The van der Waals surface area contributed by atoms with Gasteiger partial charge in [-0.1, -0.05) is 182 Å². The number of hydrogen-bond acceptors (Lipinski definition) is 1. The molecule has 0 N–H and O–H groups in total.